The van der Waals surface area contributed by atoms with Gasteiger partial charge >= 0.3 is 0 Å². The second kappa shape index (κ2) is 10.4. The van der Waals surface area contributed by atoms with Crippen LogP contribution in [0.3, 0.4) is 0 Å². The standard InChI is InChI=1S/C23H25N3O3S/c27-22(17-30-16-21-15-29-23(25-21)19-6-2-1-3-7-19)24-20-8-4-5-18(13-20)14-26-9-11-28-12-10-26/h1-8,13,15H,9-12,14,16-17H2,(H,24,27). The second-order valence-electron chi connectivity index (χ2n) is 7.14. The Morgan fingerprint density at radius 2 is 1.93 bits per heavy atom. The van der Waals surface area contributed by atoms with Gasteiger partial charge in [0.25, 0.3) is 0 Å². The summed E-state index contributed by atoms with van der Waals surface area (Å²) in [7, 11) is 0. The summed E-state index contributed by atoms with van der Waals surface area (Å²) in [5.41, 5.74) is 3.81. The molecule has 30 heavy (non-hydrogen) atoms. The van der Waals surface area contributed by atoms with Gasteiger partial charge in [-0.15, -0.1) is 11.8 Å². The highest BCUT2D eigenvalue weighted by Crippen LogP contribution is 2.21. The van der Waals surface area contributed by atoms with E-state index in [0.29, 0.717) is 17.4 Å². The molecule has 3 aromatic rings. The average molecular weight is 424 g/mol. The van der Waals surface area contributed by atoms with Crippen molar-refractivity contribution in [3.8, 4) is 11.5 Å². The van der Waals surface area contributed by atoms with Crippen LogP contribution in [0.5, 0.6) is 0 Å². The molecule has 1 fully saturated rings. The zero-order valence-corrected chi connectivity index (χ0v) is 17.6. The number of morpholine rings is 1. The van der Waals surface area contributed by atoms with Gasteiger partial charge in [0, 0.05) is 36.6 Å². The Hall–Kier alpha value is -2.61. The molecule has 1 N–H and O–H groups in total. The van der Waals surface area contributed by atoms with Crippen molar-refractivity contribution in [3.63, 3.8) is 0 Å². The van der Waals surface area contributed by atoms with Crippen molar-refractivity contribution < 1.29 is 13.9 Å². The van der Waals surface area contributed by atoms with Gasteiger partial charge in [-0.05, 0) is 29.8 Å². The molecule has 0 atom stereocenters. The van der Waals surface area contributed by atoms with Crippen molar-refractivity contribution in [2.24, 2.45) is 0 Å². The van der Waals surface area contributed by atoms with Crippen LogP contribution in [-0.4, -0.2) is 47.8 Å². The number of hydrogen-bond donors (Lipinski definition) is 1. The third-order valence-corrected chi connectivity index (χ3v) is 5.74. The van der Waals surface area contributed by atoms with Crippen LogP contribution in [0, 0.1) is 0 Å². The zero-order valence-electron chi connectivity index (χ0n) is 16.8. The van der Waals surface area contributed by atoms with Crippen LogP contribution in [-0.2, 0) is 21.8 Å². The summed E-state index contributed by atoms with van der Waals surface area (Å²) in [5, 5.41) is 2.99. The molecular formula is C23H25N3O3S. The van der Waals surface area contributed by atoms with E-state index in [0.717, 1.165) is 49.8 Å². The third-order valence-electron chi connectivity index (χ3n) is 4.78. The SMILES string of the molecule is O=C(CSCc1coc(-c2ccccc2)n1)Nc1cccc(CN2CCOCC2)c1. The van der Waals surface area contributed by atoms with Gasteiger partial charge in [0.2, 0.25) is 11.8 Å². The number of ether oxygens (including phenoxy) is 1. The summed E-state index contributed by atoms with van der Waals surface area (Å²) in [4.78, 5) is 19.2. The number of nitrogens with zero attached hydrogens (tertiary/aromatic N) is 2. The molecule has 0 spiro atoms. The van der Waals surface area contributed by atoms with Crippen LogP contribution < -0.4 is 5.32 Å². The number of thioether (sulfide) groups is 1. The lowest BCUT2D eigenvalue weighted by molar-refractivity contribution is -0.113. The van der Waals surface area contributed by atoms with E-state index in [2.05, 4.69) is 21.3 Å². The predicted octanol–water partition coefficient (Wildman–Crippen LogP) is 4.05. The summed E-state index contributed by atoms with van der Waals surface area (Å²) in [6, 6.07) is 17.8. The Labute approximate surface area is 180 Å². The topological polar surface area (TPSA) is 67.6 Å². The van der Waals surface area contributed by atoms with Gasteiger partial charge in [0.1, 0.15) is 6.26 Å². The predicted molar refractivity (Wildman–Crippen MR) is 119 cm³/mol. The van der Waals surface area contributed by atoms with Crippen molar-refractivity contribution in [1.82, 2.24) is 9.88 Å². The van der Waals surface area contributed by atoms with Crippen molar-refractivity contribution in [1.29, 1.82) is 0 Å². The van der Waals surface area contributed by atoms with Gasteiger partial charge in [-0.3, -0.25) is 9.69 Å². The minimum Gasteiger partial charge on any atom is -0.444 e. The Kier molecular flexibility index (Phi) is 7.18. The lowest BCUT2D eigenvalue weighted by atomic mass is 10.2. The first kappa shape index (κ1) is 20.7. The lowest BCUT2D eigenvalue weighted by Crippen LogP contribution is -2.35. The van der Waals surface area contributed by atoms with Crippen LogP contribution in [0.15, 0.2) is 65.3 Å². The van der Waals surface area contributed by atoms with Crippen molar-refractivity contribution >= 4 is 23.4 Å². The van der Waals surface area contributed by atoms with E-state index in [-0.39, 0.29) is 5.91 Å². The highest BCUT2D eigenvalue weighted by molar-refractivity contribution is 7.99. The number of oxazole rings is 1. The first-order chi connectivity index (χ1) is 14.8. The van der Waals surface area contributed by atoms with E-state index in [1.807, 2.05) is 48.5 Å². The van der Waals surface area contributed by atoms with Crippen molar-refractivity contribution in [2.45, 2.75) is 12.3 Å². The number of aromatic nitrogens is 1. The van der Waals surface area contributed by atoms with Gasteiger partial charge < -0.3 is 14.5 Å². The van der Waals surface area contributed by atoms with E-state index in [1.54, 1.807) is 6.26 Å². The molecule has 6 nitrogen and oxygen atoms in total. The summed E-state index contributed by atoms with van der Waals surface area (Å²) >= 11 is 1.52. The fraction of sp³-hybridized carbons (Fsp3) is 0.304. The highest BCUT2D eigenvalue weighted by Gasteiger charge is 2.12. The maximum absolute atomic E-state index is 12.3. The molecule has 0 bridgehead atoms. The van der Waals surface area contributed by atoms with Gasteiger partial charge in [-0.1, -0.05) is 30.3 Å². The van der Waals surface area contributed by atoms with Crippen LogP contribution in [0.1, 0.15) is 11.3 Å². The Morgan fingerprint density at radius 3 is 2.77 bits per heavy atom. The molecular weight excluding hydrogens is 398 g/mol. The minimum absolute atomic E-state index is 0.0182. The molecule has 4 rings (SSSR count). The molecule has 0 aliphatic carbocycles. The number of amides is 1. The first-order valence-corrected chi connectivity index (χ1v) is 11.2. The molecule has 1 saturated heterocycles. The highest BCUT2D eigenvalue weighted by atomic mass is 32.2. The van der Waals surface area contributed by atoms with Crippen molar-refractivity contribution in [2.75, 3.05) is 37.4 Å². The smallest absolute Gasteiger partial charge is 0.234 e. The number of benzene rings is 2. The largest absolute Gasteiger partial charge is 0.444 e. The second-order valence-corrected chi connectivity index (χ2v) is 8.13. The van der Waals surface area contributed by atoms with E-state index in [4.69, 9.17) is 9.15 Å². The number of carbonyl (C=O) groups excluding carboxylic acids is 1. The van der Waals surface area contributed by atoms with E-state index >= 15 is 0 Å². The molecule has 1 amide bonds. The van der Waals surface area contributed by atoms with Gasteiger partial charge in [0.15, 0.2) is 0 Å². The lowest BCUT2D eigenvalue weighted by Gasteiger charge is -2.26. The molecule has 1 aliphatic rings. The Bertz CT molecular complexity index is 955. The molecule has 1 aliphatic heterocycles. The molecule has 156 valence electrons. The summed E-state index contributed by atoms with van der Waals surface area (Å²) < 4.78 is 10.9. The number of nitrogens with one attached hydrogen (secondary N) is 1. The molecule has 0 saturated carbocycles. The van der Waals surface area contributed by atoms with E-state index in [1.165, 1.54) is 17.3 Å². The maximum atomic E-state index is 12.3. The molecule has 7 heteroatoms. The summed E-state index contributed by atoms with van der Waals surface area (Å²) in [6.45, 7) is 4.33. The van der Waals surface area contributed by atoms with Gasteiger partial charge in [-0.2, -0.15) is 0 Å². The molecule has 0 unspecified atom stereocenters. The molecule has 0 radical (unpaired) electrons. The first-order valence-electron chi connectivity index (χ1n) is 10.0. The van der Waals surface area contributed by atoms with Crippen molar-refractivity contribution in [3.05, 3.63) is 72.1 Å². The van der Waals surface area contributed by atoms with Gasteiger partial charge in [0.05, 0.1) is 24.7 Å². The monoisotopic (exact) mass is 423 g/mol. The van der Waals surface area contributed by atoms with E-state index in [9.17, 15) is 4.79 Å². The van der Waals surface area contributed by atoms with Gasteiger partial charge in [-0.25, -0.2) is 4.98 Å². The Balaban J connectivity index is 1.23. The number of anilines is 1. The third kappa shape index (κ3) is 5.95. The quantitative estimate of drug-likeness (QED) is 0.590. The summed E-state index contributed by atoms with van der Waals surface area (Å²) in [6.07, 6.45) is 1.66. The normalized spacial score (nSPS) is 14.5. The average Bonchev–Trinajstić information content (AvgIpc) is 3.24. The number of carbonyl (C=O) groups is 1. The molecule has 2 heterocycles. The summed E-state index contributed by atoms with van der Waals surface area (Å²) in [5.74, 6) is 1.57. The van der Waals surface area contributed by atoms with Crippen LogP contribution >= 0.6 is 11.8 Å². The fourth-order valence-electron chi connectivity index (χ4n) is 3.30. The fourth-order valence-corrected chi connectivity index (χ4v) is 4.00. The number of rotatable bonds is 8. The maximum Gasteiger partial charge on any atom is 0.234 e. The van der Waals surface area contributed by atoms with Crippen LogP contribution in [0.4, 0.5) is 5.69 Å². The van der Waals surface area contributed by atoms with Crippen LogP contribution in [0.2, 0.25) is 0 Å². The molecule has 2 aromatic carbocycles. The Morgan fingerprint density at radius 1 is 1.10 bits per heavy atom. The number of hydrogen-bond acceptors (Lipinski definition) is 6. The minimum atomic E-state index is -0.0182. The van der Waals surface area contributed by atoms with E-state index < -0.39 is 0 Å². The zero-order chi connectivity index (χ0) is 20.6. The molecule has 1 aromatic heterocycles. The van der Waals surface area contributed by atoms with Crippen LogP contribution in [0.25, 0.3) is 11.5 Å².